The summed E-state index contributed by atoms with van der Waals surface area (Å²) >= 11 is 1.83. The van der Waals surface area contributed by atoms with E-state index in [1.54, 1.807) is 4.31 Å². The van der Waals surface area contributed by atoms with E-state index in [1.807, 2.05) is 32.8 Å². The van der Waals surface area contributed by atoms with Crippen LogP contribution in [0.5, 0.6) is 0 Å². The Labute approximate surface area is 219 Å². The largest absolute Gasteiger partial charge is 0.304 e. The van der Waals surface area contributed by atoms with Crippen LogP contribution in [0.15, 0.2) is 30.3 Å². The Balaban J connectivity index is 0.00000210. The van der Waals surface area contributed by atoms with Gasteiger partial charge in [-0.3, -0.25) is 4.72 Å². The van der Waals surface area contributed by atoms with E-state index in [4.69, 9.17) is 0 Å². The van der Waals surface area contributed by atoms with E-state index >= 15 is 0 Å². The Bertz CT molecular complexity index is 864. The second kappa shape index (κ2) is 15.4. The molecule has 0 radical (unpaired) electrons. The molecule has 2 unspecified atom stereocenters. The number of hydrogen-bond acceptors (Lipinski definition) is 5. The summed E-state index contributed by atoms with van der Waals surface area (Å²) in [7, 11) is -1.36. The third-order valence-corrected chi connectivity index (χ3v) is 9.22. The lowest BCUT2D eigenvalue weighted by Gasteiger charge is -2.31. The first kappa shape index (κ1) is 30.3. The molecule has 0 saturated carbocycles. The number of piperazine rings is 1. The first-order valence-corrected chi connectivity index (χ1v) is 15.7. The van der Waals surface area contributed by atoms with Crippen LogP contribution in [0.3, 0.4) is 0 Å². The van der Waals surface area contributed by atoms with E-state index in [2.05, 4.69) is 65.5 Å². The van der Waals surface area contributed by atoms with E-state index in [-0.39, 0.29) is 0 Å². The minimum absolute atomic E-state index is 0.430. The highest BCUT2D eigenvalue weighted by Gasteiger charge is 2.25. The van der Waals surface area contributed by atoms with Crippen LogP contribution in [0.2, 0.25) is 0 Å². The van der Waals surface area contributed by atoms with Crippen molar-refractivity contribution in [3.8, 4) is 0 Å². The Morgan fingerprint density at radius 2 is 1.71 bits per heavy atom. The summed E-state index contributed by atoms with van der Waals surface area (Å²) < 4.78 is 32.8. The maximum Gasteiger partial charge on any atom is 0.279 e. The van der Waals surface area contributed by atoms with Gasteiger partial charge in [-0.2, -0.15) is 12.7 Å². The van der Waals surface area contributed by atoms with Crippen LogP contribution in [0.1, 0.15) is 65.0 Å². The first-order chi connectivity index (χ1) is 16.7. The van der Waals surface area contributed by atoms with E-state index < -0.39 is 10.2 Å². The fourth-order valence-electron chi connectivity index (χ4n) is 4.48. The molecule has 1 heterocycles. The van der Waals surface area contributed by atoms with Crippen molar-refractivity contribution in [2.45, 2.75) is 65.6 Å². The van der Waals surface area contributed by atoms with Gasteiger partial charge < -0.3 is 4.90 Å². The summed E-state index contributed by atoms with van der Waals surface area (Å²) in [6.45, 7) is 15.0. The smallest absolute Gasteiger partial charge is 0.279 e. The first-order valence-electron chi connectivity index (χ1n) is 13.3. The fourth-order valence-corrected chi connectivity index (χ4v) is 6.35. The summed E-state index contributed by atoms with van der Waals surface area (Å²) in [5, 5.41) is 0.621. The van der Waals surface area contributed by atoms with E-state index in [0.29, 0.717) is 37.2 Å². The number of benzene rings is 1. The van der Waals surface area contributed by atoms with Crippen LogP contribution in [0, 0.1) is 11.8 Å². The van der Waals surface area contributed by atoms with Gasteiger partial charge in [-0.05, 0) is 61.3 Å². The molecule has 0 aromatic heterocycles. The van der Waals surface area contributed by atoms with Gasteiger partial charge in [0.1, 0.15) is 0 Å². The third kappa shape index (κ3) is 10.2. The average Bonchev–Trinajstić information content (AvgIpc) is 2.86. The Morgan fingerprint density at radius 3 is 2.29 bits per heavy atom. The van der Waals surface area contributed by atoms with E-state index in [0.717, 1.165) is 44.0 Å². The molecule has 6 nitrogen and oxygen atoms in total. The van der Waals surface area contributed by atoms with E-state index in [1.165, 1.54) is 17.6 Å². The number of nitrogens with zero attached hydrogens (tertiary/aromatic N) is 2. The molecule has 8 heteroatoms. The number of rotatable bonds is 11. The Morgan fingerprint density at radius 1 is 1.06 bits per heavy atom. The highest BCUT2D eigenvalue weighted by molar-refractivity contribution is 7.97. The van der Waals surface area contributed by atoms with Crippen LogP contribution in [-0.2, 0) is 16.6 Å². The lowest BCUT2D eigenvalue weighted by Crippen LogP contribution is -2.51. The summed E-state index contributed by atoms with van der Waals surface area (Å²) in [5.74, 6) is 1.44. The van der Waals surface area contributed by atoms with Crippen molar-refractivity contribution in [1.29, 1.82) is 0 Å². The van der Waals surface area contributed by atoms with Gasteiger partial charge in [0.25, 0.3) is 10.2 Å². The Hall–Kier alpha value is -0.900. The molecule has 1 fully saturated rings. The monoisotopic (exact) mass is 524 g/mol. The molecule has 2 aliphatic rings. The third-order valence-electron chi connectivity index (χ3n) is 6.81. The van der Waals surface area contributed by atoms with Crippen molar-refractivity contribution in [3.63, 3.8) is 0 Å². The predicted molar refractivity (Wildman–Crippen MR) is 153 cm³/mol. The average molecular weight is 525 g/mol. The minimum Gasteiger partial charge on any atom is -0.304 e. The normalized spacial score (nSPS) is 20.8. The number of hydrogen-bond donors (Lipinski definition) is 2. The summed E-state index contributed by atoms with van der Waals surface area (Å²) in [6, 6.07) is 8.67. The van der Waals surface area contributed by atoms with Gasteiger partial charge in [0.15, 0.2) is 0 Å². The van der Waals surface area contributed by atoms with Crippen LogP contribution >= 0.6 is 11.9 Å². The molecule has 0 amide bonds. The lowest BCUT2D eigenvalue weighted by molar-refractivity contribution is 0.221. The predicted octanol–water partition coefficient (Wildman–Crippen LogP) is 4.80. The van der Waals surface area contributed by atoms with Crippen LogP contribution in [0.4, 0.5) is 0 Å². The quantitative estimate of drug-likeness (QED) is 0.407. The van der Waals surface area contributed by atoms with Gasteiger partial charge in [-0.15, -0.1) is 0 Å². The maximum atomic E-state index is 12.5. The number of allylic oxidation sites excluding steroid dienone is 2. The second-order valence-corrected chi connectivity index (χ2v) is 13.0. The van der Waals surface area contributed by atoms with Crippen molar-refractivity contribution in [1.82, 2.24) is 18.6 Å². The van der Waals surface area contributed by atoms with Crippen molar-refractivity contribution in [3.05, 3.63) is 41.5 Å². The zero-order chi connectivity index (χ0) is 25.8. The zero-order valence-electron chi connectivity index (χ0n) is 22.7. The van der Waals surface area contributed by atoms with Crippen molar-refractivity contribution < 1.29 is 8.42 Å². The van der Waals surface area contributed by atoms with Crippen LogP contribution in [-0.4, -0.2) is 69.2 Å². The van der Waals surface area contributed by atoms with Crippen molar-refractivity contribution in [2.24, 2.45) is 11.8 Å². The molecule has 1 aromatic rings. The summed E-state index contributed by atoms with van der Waals surface area (Å²) in [4.78, 5) is 2.15. The molecule has 200 valence electrons. The maximum absolute atomic E-state index is 12.5. The SMILES string of the molecule is CC.CC(C)SNCC(C)C1CC=C(c2ccc(CCNS(=O)(=O)N3CCN(C)CC3)cc2)CC1. The molecule has 3 rings (SSSR count). The number of likely N-dealkylation sites (N-methyl/N-ethyl adjacent to an activating group) is 1. The molecule has 0 spiro atoms. The lowest BCUT2D eigenvalue weighted by atomic mass is 9.80. The summed E-state index contributed by atoms with van der Waals surface area (Å²) in [5.41, 5.74) is 3.91. The van der Waals surface area contributed by atoms with Crippen LogP contribution in [0.25, 0.3) is 5.57 Å². The molecule has 1 saturated heterocycles. The van der Waals surface area contributed by atoms with Gasteiger partial charge in [-0.1, -0.05) is 76.9 Å². The van der Waals surface area contributed by atoms with Gasteiger partial charge in [0.05, 0.1) is 0 Å². The Kier molecular flexibility index (Phi) is 13.3. The fraction of sp³-hybridized carbons (Fsp3) is 0.704. The molecule has 35 heavy (non-hydrogen) atoms. The molecule has 0 bridgehead atoms. The molecule has 2 atom stereocenters. The topological polar surface area (TPSA) is 64.7 Å². The molecular weight excluding hydrogens is 476 g/mol. The molecule has 1 aliphatic heterocycles. The summed E-state index contributed by atoms with van der Waals surface area (Å²) in [6.07, 6.45) is 6.67. The molecule has 1 aromatic carbocycles. The molecule has 1 aliphatic carbocycles. The highest BCUT2D eigenvalue weighted by Crippen LogP contribution is 2.34. The van der Waals surface area contributed by atoms with E-state index in [9.17, 15) is 8.42 Å². The van der Waals surface area contributed by atoms with Gasteiger partial charge in [-0.25, -0.2) is 4.72 Å². The van der Waals surface area contributed by atoms with Crippen molar-refractivity contribution >= 4 is 27.7 Å². The van der Waals surface area contributed by atoms with Gasteiger partial charge >= 0.3 is 0 Å². The zero-order valence-corrected chi connectivity index (χ0v) is 24.4. The van der Waals surface area contributed by atoms with Gasteiger partial charge in [0, 0.05) is 44.5 Å². The van der Waals surface area contributed by atoms with Crippen molar-refractivity contribution in [2.75, 3.05) is 46.3 Å². The standard InChI is InChI=1S/C25H42N4O2S2.C2H6/c1-20(2)32-26-19-21(3)23-9-11-25(12-10-23)24-7-5-22(6-8-24)13-14-27-33(30,31)29-17-15-28(4)16-18-29;1-2/h5-8,11,20-21,23,26-27H,9-10,12-19H2,1-4H3;1-2H3. The molecule has 2 N–H and O–H groups in total. The highest BCUT2D eigenvalue weighted by atomic mass is 32.2. The second-order valence-electron chi connectivity index (χ2n) is 9.80. The van der Waals surface area contributed by atoms with Crippen LogP contribution < -0.4 is 9.44 Å². The van der Waals surface area contributed by atoms with Gasteiger partial charge in [0.2, 0.25) is 0 Å². The number of nitrogens with one attached hydrogen (secondary N) is 2. The minimum atomic E-state index is -3.38. The molecular formula is C27H48N4O2S2.